The molecule has 0 saturated heterocycles. The molecule has 2 atom stereocenters. The minimum atomic E-state index is -0.585. The van der Waals surface area contributed by atoms with Gasteiger partial charge in [0.05, 0.1) is 23.8 Å². The van der Waals surface area contributed by atoms with Crippen molar-refractivity contribution in [3.05, 3.63) is 107 Å². The zero-order valence-electron chi connectivity index (χ0n) is 19.2. The molecule has 3 N–H and O–H groups in total. The van der Waals surface area contributed by atoms with Crippen LogP contribution in [0.4, 0.5) is 0 Å². The number of hydrogen-bond acceptors (Lipinski definition) is 4. The lowest BCUT2D eigenvalue weighted by molar-refractivity contribution is -0.694. The van der Waals surface area contributed by atoms with E-state index in [4.69, 9.17) is 4.74 Å². The summed E-state index contributed by atoms with van der Waals surface area (Å²) in [5.41, 5.74) is 2.69. The van der Waals surface area contributed by atoms with Crippen LogP contribution in [0.25, 0.3) is 10.9 Å². The molecule has 0 spiro atoms. The van der Waals surface area contributed by atoms with Gasteiger partial charge in [-0.15, -0.1) is 0 Å². The number of aliphatic hydroxyl groups excluding tert-OH is 1. The van der Waals surface area contributed by atoms with Crippen LogP contribution in [0.3, 0.4) is 0 Å². The first-order chi connectivity index (χ1) is 16.1. The van der Waals surface area contributed by atoms with Crippen LogP contribution in [0.2, 0.25) is 0 Å². The normalized spacial score (nSPS) is 12.6. The second kappa shape index (κ2) is 12.3. The molecule has 3 aromatic carbocycles. The number of aromatic nitrogens is 2. The van der Waals surface area contributed by atoms with Crippen molar-refractivity contribution in [1.29, 1.82) is 0 Å². The molecule has 0 aliphatic rings. The highest BCUT2D eigenvalue weighted by Gasteiger charge is 2.19. The van der Waals surface area contributed by atoms with Gasteiger partial charge in [0.25, 0.3) is 5.56 Å². The Labute approximate surface area is 205 Å². The summed E-state index contributed by atoms with van der Waals surface area (Å²) in [6.45, 7) is 3.93. The smallest absolute Gasteiger partial charge is 0.261 e. The van der Waals surface area contributed by atoms with Crippen molar-refractivity contribution < 1.29 is 27.6 Å². The minimum absolute atomic E-state index is 0. The topological polar surface area (TPSA) is 81.0 Å². The number of ether oxygens (including phenoxy) is 1. The summed E-state index contributed by atoms with van der Waals surface area (Å²) in [4.78, 5) is 16.9. The van der Waals surface area contributed by atoms with Crippen molar-refractivity contribution in [2.45, 2.75) is 38.6 Å². The molecule has 0 bridgehead atoms. The SMILES string of the molecule is CC([NH2+]CCCn1cnc2ccccc2c1=O)C(O)c1ccc(OCc2ccccc2)cc1.[Cl-]. The first-order valence-corrected chi connectivity index (χ1v) is 11.3. The van der Waals surface area contributed by atoms with Crippen LogP contribution in [0.5, 0.6) is 5.75 Å². The summed E-state index contributed by atoms with van der Waals surface area (Å²) in [6, 6.07) is 25.0. The van der Waals surface area contributed by atoms with Gasteiger partial charge < -0.3 is 27.6 Å². The Hall–Kier alpha value is -3.19. The summed E-state index contributed by atoms with van der Waals surface area (Å²) in [5.74, 6) is 0.779. The van der Waals surface area contributed by atoms with E-state index in [1.807, 2.05) is 85.8 Å². The van der Waals surface area contributed by atoms with E-state index in [0.717, 1.165) is 35.4 Å². The number of benzene rings is 3. The molecule has 0 aliphatic heterocycles. The predicted molar refractivity (Wildman–Crippen MR) is 129 cm³/mol. The monoisotopic (exact) mass is 479 g/mol. The number of halogens is 1. The lowest BCUT2D eigenvalue weighted by Crippen LogP contribution is -3.00. The van der Waals surface area contributed by atoms with Gasteiger partial charge in [0, 0.05) is 13.0 Å². The van der Waals surface area contributed by atoms with Gasteiger partial charge in [-0.05, 0) is 42.3 Å². The maximum Gasteiger partial charge on any atom is 0.261 e. The number of aryl methyl sites for hydroxylation is 1. The number of hydrogen-bond donors (Lipinski definition) is 2. The Morgan fingerprint density at radius 2 is 1.71 bits per heavy atom. The van der Waals surface area contributed by atoms with E-state index in [-0.39, 0.29) is 24.0 Å². The van der Waals surface area contributed by atoms with Gasteiger partial charge in [-0.25, -0.2) is 4.98 Å². The van der Waals surface area contributed by atoms with E-state index in [2.05, 4.69) is 10.3 Å². The molecule has 2 unspecified atom stereocenters. The van der Waals surface area contributed by atoms with E-state index >= 15 is 0 Å². The van der Waals surface area contributed by atoms with Crippen LogP contribution in [0.15, 0.2) is 90.0 Å². The first kappa shape index (κ1) is 25.4. The summed E-state index contributed by atoms with van der Waals surface area (Å²) in [7, 11) is 0. The zero-order chi connectivity index (χ0) is 23.0. The Bertz CT molecular complexity index is 1230. The van der Waals surface area contributed by atoms with Crippen molar-refractivity contribution in [3.8, 4) is 5.75 Å². The Balaban J connectivity index is 0.00000324. The van der Waals surface area contributed by atoms with Crippen molar-refractivity contribution in [3.63, 3.8) is 0 Å². The second-order valence-electron chi connectivity index (χ2n) is 8.29. The number of fused-ring (bicyclic) bond motifs is 1. The third-order valence-corrected chi connectivity index (χ3v) is 5.84. The number of quaternary nitrogens is 1. The van der Waals surface area contributed by atoms with Crippen LogP contribution < -0.4 is 28.0 Å². The lowest BCUT2D eigenvalue weighted by Gasteiger charge is -2.18. The second-order valence-corrected chi connectivity index (χ2v) is 8.29. The molecule has 4 aromatic rings. The zero-order valence-corrected chi connectivity index (χ0v) is 19.9. The fraction of sp³-hybridized carbons (Fsp3) is 0.259. The quantitative estimate of drug-likeness (QED) is 0.315. The van der Waals surface area contributed by atoms with Crippen molar-refractivity contribution in [2.24, 2.45) is 0 Å². The van der Waals surface area contributed by atoms with Crippen LogP contribution >= 0.6 is 0 Å². The molecule has 0 fully saturated rings. The third kappa shape index (κ3) is 6.44. The maximum absolute atomic E-state index is 12.6. The maximum atomic E-state index is 12.6. The Morgan fingerprint density at radius 1 is 1.00 bits per heavy atom. The molecule has 34 heavy (non-hydrogen) atoms. The summed E-state index contributed by atoms with van der Waals surface area (Å²) in [5, 5.41) is 13.5. The van der Waals surface area contributed by atoms with Crippen LogP contribution in [-0.4, -0.2) is 27.2 Å². The lowest BCUT2D eigenvalue weighted by atomic mass is 10.0. The third-order valence-electron chi connectivity index (χ3n) is 5.84. The minimum Gasteiger partial charge on any atom is -1.00 e. The molecule has 4 rings (SSSR count). The standard InChI is InChI=1S/C27H29N3O3.ClH/c1-20(28-16-7-17-30-19-29-25-11-6-5-10-24(25)27(30)32)26(31)22-12-14-23(15-13-22)33-18-21-8-3-2-4-9-21;/h2-6,8-15,19-20,26,28,31H,7,16-18H2,1H3;1H. The Kier molecular flexibility index (Phi) is 9.22. The van der Waals surface area contributed by atoms with Crippen LogP contribution in [-0.2, 0) is 13.2 Å². The average Bonchev–Trinajstić information content (AvgIpc) is 2.87. The summed E-state index contributed by atoms with van der Waals surface area (Å²) < 4.78 is 7.48. The Morgan fingerprint density at radius 3 is 2.47 bits per heavy atom. The van der Waals surface area contributed by atoms with Gasteiger partial charge in [0.2, 0.25) is 0 Å². The molecule has 0 radical (unpaired) electrons. The molecule has 0 saturated carbocycles. The average molecular weight is 480 g/mol. The number of aliphatic hydroxyl groups is 1. The fourth-order valence-electron chi connectivity index (χ4n) is 3.84. The van der Waals surface area contributed by atoms with Crippen molar-refractivity contribution in [1.82, 2.24) is 9.55 Å². The van der Waals surface area contributed by atoms with Gasteiger partial charge in [0.1, 0.15) is 24.5 Å². The molecule has 0 amide bonds. The predicted octanol–water partition coefficient (Wildman–Crippen LogP) is 0.0551. The van der Waals surface area contributed by atoms with E-state index in [9.17, 15) is 9.90 Å². The number of nitrogens with zero attached hydrogens (tertiary/aromatic N) is 2. The summed E-state index contributed by atoms with van der Waals surface area (Å²) in [6.07, 6.45) is 1.84. The molecule has 6 nitrogen and oxygen atoms in total. The fourth-order valence-corrected chi connectivity index (χ4v) is 3.84. The van der Waals surface area contributed by atoms with E-state index in [0.29, 0.717) is 18.5 Å². The molecular formula is C27H30ClN3O3. The number of nitrogens with two attached hydrogens (primary N) is 1. The van der Waals surface area contributed by atoms with Gasteiger partial charge in [0.15, 0.2) is 0 Å². The summed E-state index contributed by atoms with van der Waals surface area (Å²) >= 11 is 0. The molecule has 1 heterocycles. The van der Waals surface area contributed by atoms with Gasteiger partial charge >= 0.3 is 0 Å². The molecular weight excluding hydrogens is 450 g/mol. The number of para-hydroxylation sites is 1. The van der Waals surface area contributed by atoms with E-state index in [1.165, 1.54) is 0 Å². The van der Waals surface area contributed by atoms with Gasteiger partial charge in [-0.1, -0.05) is 54.6 Å². The first-order valence-electron chi connectivity index (χ1n) is 11.3. The largest absolute Gasteiger partial charge is 1.00 e. The van der Waals surface area contributed by atoms with E-state index in [1.54, 1.807) is 10.9 Å². The van der Waals surface area contributed by atoms with Gasteiger partial charge in [-0.3, -0.25) is 9.36 Å². The highest BCUT2D eigenvalue weighted by molar-refractivity contribution is 5.76. The highest BCUT2D eigenvalue weighted by Crippen LogP contribution is 2.20. The van der Waals surface area contributed by atoms with E-state index < -0.39 is 6.10 Å². The van der Waals surface area contributed by atoms with Crippen molar-refractivity contribution in [2.75, 3.05) is 6.54 Å². The molecule has 7 heteroatoms. The highest BCUT2D eigenvalue weighted by atomic mass is 35.5. The molecule has 178 valence electrons. The van der Waals surface area contributed by atoms with Gasteiger partial charge in [-0.2, -0.15) is 0 Å². The number of rotatable bonds is 10. The molecule has 0 aliphatic carbocycles. The van der Waals surface area contributed by atoms with Crippen LogP contribution in [0, 0.1) is 0 Å². The molecule has 1 aromatic heterocycles. The van der Waals surface area contributed by atoms with Crippen LogP contribution in [0.1, 0.15) is 30.6 Å². The van der Waals surface area contributed by atoms with Crippen molar-refractivity contribution >= 4 is 10.9 Å².